The molecular weight excluding hydrogens is 243 g/mol. The van der Waals surface area contributed by atoms with Crippen molar-refractivity contribution in [3.8, 4) is 0 Å². The number of alkyl halides is 3. The number of hydrogen-bond acceptors (Lipinski definition) is 2. The first-order valence-electron chi connectivity index (χ1n) is 6.05. The summed E-state index contributed by atoms with van der Waals surface area (Å²) in [6.07, 6.45) is -2.70. The molecule has 0 aliphatic carbocycles. The fourth-order valence-electron chi connectivity index (χ4n) is 2.88. The van der Waals surface area contributed by atoms with E-state index in [4.69, 9.17) is 4.74 Å². The van der Waals surface area contributed by atoms with Crippen LogP contribution in [0.1, 0.15) is 24.0 Å². The van der Waals surface area contributed by atoms with Gasteiger partial charge >= 0.3 is 6.18 Å². The fraction of sp³-hybridized carbons (Fsp3) is 0.538. The Morgan fingerprint density at radius 2 is 1.89 bits per heavy atom. The average molecular weight is 257 g/mol. The topological polar surface area (TPSA) is 21.3 Å². The molecule has 2 aliphatic heterocycles. The maximum Gasteiger partial charge on any atom is 0.416 e. The van der Waals surface area contributed by atoms with Gasteiger partial charge in [0, 0.05) is 30.9 Å². The molecule has 0 saturated carbocycles. The Kier molecular flexibility index (Phi) is 2.55. The van der Waals surface area contributed by atoms with E-state index in [-0.39, 0.29) is 5.41 Å². The van der Waals surface area contributed by atoms with Crippen molar-refractivity contribution in [3.63, 3.8) is 0 Å². The van der Waals surface area contributed by atoms with Crippen molar-refractivity contribution < 1.29 is 17.9 Å². The van der Waals surface area contributed by atoms with E-state index in [2.05, 4.69) is 5.32 Å². The van der Waals surface area contributed by atoms with Crippen molar-refractivity contribution in [2.24, 2.45) is 0 Å². The van der Waals surface area contributed by atoms with Gasteiger partial charge in [-0.05, 0) is 36.6 Å². The molecule has 1 aromatic carbocycles. The van der Waals surface area contributed by atoms with Crippen LogP contribution < -0.4 is 5.32 Å². The second-order valence-electron chi connectivity index (χ2n) is 5.00. The Labute approximate surface area is 103 Å². The van der Waals surface area contributed by atoms with E-state index in [1.807, 2.05) is 0 Å². The summed E-state index contributed by atoms with van der Waals surface area (Å²) < 4.78 is 43.6. The van der Waals surface area contributed by atoms with Crippen LogP contribution in [0.4, 0.5) is 18.9 Å². The molecule has 0 unspecified atom stereocenters. The molecule has 0 amide bonds. The van der Waals surface area contributed by atoms with Crippen molar-refractivity contribution in [1.82, 2.24) is 0 Å². The van der Waals surface area contributed by atoms with Gasteiger partial charge in [0.2, 0.25) is 0 Å². The molecule has 0 aromatic heterocycles. The fourth-order valence-corrected chi connectivity index (χ4v) is 2.88. The summed E-state index contributed by atoms with van der Waals surface area (Å²) >= 11 is 0. The minimum Gasteiger partial charge on any atom is -0.384 e. The largest absolute Gasteiger partial charge is 0.416 e. The van der Waals surface area contributed by atoms with Gasteiger partial charge in [-0.15, -0.1) is 0 Å². The Morgan fingerprint density at radius 3 is 2.56 bits per heavy atom. The maximum atomic E-state index is 12.8. The first kappa shape index (κ1) is 11.8. The van der Waals surface area contributed by atoms with E-state index in [1.165, 1.54) is 6.07 Å². The molecule has 1 fully saturated rings. The summed E-state index contributed by atoms with van der Waals surface area (Å²) in [4.78, 5) is 0. The number of rotatable bonds is 0. The van der Waals surface area contributed by atoms with Gasteiger partial charge in [0.1, 0.15) is 0 Å². The van der Waals surface area contributed by atoms with E-state index in [0.29, 0.717) is 19.8 Å². The van der Waals surface area contributed by atoms with Gasteiger partial charge in [0.25, 0.3) is 0 Å². The van der Waals surface area contributed by atoms with E-state index in [0.717, 1.165) is 30.2 Å². The number of hydrogen-bond donors (Lipinski definition) is 1. The summed E-state index contributed by atoms with van der Waals surface area (Å²) in [5.74, 6) is 0. The molecule has 2 nitrogen and oxygen atoms in total. The zero-order chi connectivity index (χ0) is 12.8. The molecule has 1 aromatic rings. The minimum absolute atomic E-state index is 0.172. The monoisotopic (exact) mass is 257 g/mol. The van der Waals surface area contributed by atoms with Crippen molar-refractivity contribution in [3.05, 3.63) is 29.3 Å². The molecule has 1 spiro atoms. The molecular formula is C13H14F3NO. The van der Waals surface area contributed by atoms with Gasteiger partial charge in [-0.2, -0.15) is 13.2 Å². The number of ether oxygens (including phenoxy) is 1. The van der Waals surface area contributed by atoms with Gasteiger partial charge in [-0.3, -0.25) is 0 Å². The van der Waals surface area contributed by atoms with Crippen LogP contribution in [0.25, 0.3) is 0 Å². The third-order valence-electron chi connectivity index (χ3n) is 3.99. The van der Waals surface area contributed by atoms with Crippen LogP contribution in [-0.4, -0.2) is 19.8 Å². The standard InChI is InChI=1S/C13H14F3NO/c14-13(15,16)9-1-2-11-10(7-9)12(8-17-11)3-5-18-6-4-12/h1-2,7,17H,3-6,8H2. The average Bonchev–Trinajstić information content (AvgIpc) is 2.68. The molecule has 1 N–H and O–H groups in total. The Balaban J connectivity index is 2.04. The lowest BCUT2D eigenvalue weighted by Gasteiger charge is -2.33. The van der Waals surface area contributed by atoms with E-state index >= 15 is 0 Å². The zero-order valence-electron chi connectivity index (χ0n) is 9.81. The Hall–Kier alpha value is -1.23. The van der Waals surface area contributed by atoms with Crippen LogP contribution in [0.15, 0.2) is 18.2 Å². The predicted molar refractivity (Wildman–Crippen MR) is 61.7 cm³/mol. The SMILES string of the molecule is FC(F)(F)c1ccc2c(c1)C1(CCOCC1)CN2. The minimum atomic E-state index is -4.27. The van der Waals surface area contributed by atoms with E-state index in [1.54, 1.807) is 6.07 Å². The second-order valence-corrected chi connectivity index (χ2v) is 5.00. The highest BCUT2D eigenvalue weighted by Gasteiger charge is 2.42. The van der Waals surface area contributed by atoms with Crippen LogP contribution >= 0.6 is 0 Å². The Morgan fingerprint density at radius 1 is 1.17 bits per heavy atom. The number of fused-ring (bicyclic) bond motifs is 2. The highest BCUT2D eigenvalue weighted by molar-refractivity contribution is 5.62. The summed E-state index contributed by atoms with van der Waals surface area (Å²) in [5, 5.41) is 3.22. The van der Waals surface area contributed by atoms with Gasteiger partial charge < -0.3 is 10.1 Å². The van der Waals surface area contributed by atoms with E-state index < -0.39 is 11.7 Å². The van der Waals surface area contributed by atoms with E-state index in [9.17, 15) is 13.2 Å². The molecule has 2 aliphatic rings. The highest BCUT2D eigenvalue weighted by atomic mass is 19.4. The molecule has 0 bridgehead atoms. The normalized spacial score (nSPS) is 21.7. The smallest absolute Gasteiger partial charge is 0.384 e. The molecule has 98 valence electrons. The van der Waals surface area contributed by atoms with Crippen LogP contribution in [-0.2, 0) is 16.3 Å². The lowest BCUT2D eigenvalue weighted by atomic mass is 9.75. The van der Waals surface area contributed by atoms with Gasteiger partial charge in [0.15, 0.2) is 0 Å². The summed E-state index contributed by atoms with van der Waals surface area (Å²) in [6.45, 7) is 1.96. The lowest BCUT2D eigenvalue weighted by molar-refractivity contribution is -0.137. The third kappa shape index (κ3) is 1.77. The van der Waals surface area contributed by atoms with Crippen LogP contribution in [0.2, 0.25) is 0 Å². The van der Waals surface area contributed by atoms with Crippen molar-refractivity contribution in [2.75, 3.05) is 25.1 Å². The molecule has 0 radical (unpaired) electrons. The van der Waals surface area contributed by atoms with Crippen molar-refractivity contribution in [2.45, 2.75) is 24.4 Å². The zero-order valence-corrected chi connectivity index (χ0v) is 9.81. The van der Waals surface area contributed by atoms with Gasteiger partial charge in [-0.1, -0.05) is 0 Å². The Bertz CT molecular complexity index is 458. The van der Waals surface area contributed by atoms with Crippen LogP contribution in [0, 0.1) is 0 Å². The lowest BCUT2D eigenvalue weighted by Crippen LogP contribution is -2.35. The maximum absolute atomic E-state index is 12.8. The second kappa shape index (κ2) is 3.88. The third-order valence-corrected chi connectivity index (χ3v) is 3.99. The number of anilines is 1. The summed E-state index contributed by atoms with van der Waals surface area (Å²) in [7, 11) is 0. The molecule has 2 heterocycles. The predicted octanol–water partition coefficient (Wildman–Crippen LogP) is 3.18. The first-order valence-corrected chi connectivity index (χ1v) is 6.05. The molecule has 3 rings (SSSR count). The van der Waals surface area contributed by atoms with Crippen LogP contribution in [0.5, 0.6) is 0 Å². The van der Waals surface area contributed by atoms with Crippen LogP contribution in [0.3, 0.4) is 0 Å². The number of benzene rings is 1. The number of nitrogens with one attached hydrogen (secondary N) is 1. The van der Waals surface area contributed by atoms with Gasteiger partial charge in [-0.25, -0.2) is 0 Å². The molecule has 5 heteroatoms. The quantitative estimate of drug-likeness (QED) is 0.770. The van der Waals surface area contributed by atoms with Crippen molar-refractivity contribution >= 4 is 5.69 Å². The highest BCUT2D eigenvalue weighted by Crippen LogP contribution is 2.45. The summed E-state index contributed by atoms with van der Waals surface area (Å²) in [6, 6.07) is 3.99. The van der Waals surface area contributed by atoms with Crippen molar-refractivity contribution in [1.29, 1.82) is 0 Å². The molecule has 0 atom stereocenters. The molecule has 18 heavy (non-hydrogen) atoms. The summed E-state index contributed by atoms with van der Waals surface area (Å²) in [5.41, 5.74) is 0.913. The number of halogens is 3. The first-order chi connectivity index (χ1) is 8.51. The molecule has 1 saturated heterocycles. The van der Waals surface area contributed by atoms with Gasteiger partial charge in [0.05, 0.1) is 5.56 Å².